The molecule has 1 unspecified atom stereocenters. The first-order valence-electron chi connectivity index (χ1n) is 7.05. The van der Waals surface area contributed by atoms with Gasteiger partial charge in [0.1, 0.15) is 0 Å². The average molecular weight is 312 g/mol. The molecule has 0 amide bonds. The number of amidine groups is 1. The van der Waals surface area contributed by atoms with Crippen LogP contribution < -0.4 is 11.1 Å². The number of rotatable bonds is 4. The van der Waals surface area contributed by atoms with Crippen molar-refractivity contribution in [3.05, 3.63) is 34.3 Å². The highest BCUT2D eigenvalue weighted by atomic mass is 35.5. The van der Waals surface area contributed by atoms with Crippen LogP contribution in [0, 0.1) is 0 Å². The van der Waals surface area contributed by atoms with Gasteiger partial charge in [-0.1, -0.05) is 28.9 Å². The van der Waals surface area contributed by atoms with Crippen molar-refractivity contribution >= 4 is 17.4 Å². The summed E-state index contributed by atoms with van der Waals surface area (Å²) in [6.07, 6.45) is 1.98. The van der Waals surface area contributed by atoms with Crippen LogP contribution in [-0.2, 0) is 11.3 Å². The molecule has 0 aliphatic carbocycles. The van der Waals surface area contributed by atoms with Crippen LogP contribution in [0.25, 0.3) is 0 Å². The number of oxime groups is 1. The maximum atomic E-state index is 8.67. The Hall–Kier alpha value is -1.30. The van der Waals surface area contributed by atoms with Crippen molar-refractivity contribution in [2.75, 3.05) is 6.61 Å². The summed E-state index contributed by atoms with van der Waals surface area (Å²) in [6.45, 7) is 5.69. The zero-order valence-corrected chi connectivity index (χ0v) is 13.2. The number of ether oxygens (including phenoxy) is 1. The maximum Gasteiger partial charge on any atom is 0.170 e. The van der Waals surface area contributed by atoms with E-state index in [2.05, 4.69) is 24.3 Å². The molecule has 1 heterocycles. The fraction of sp³-hybridized carbons (Fsp3) is 0.533. The van der Waals surface area contributed by atoms with Gasteiger partial charge in [-0.05, 0) is 38.3 Å². The summed E-state index contributed by atoms with van der Waals surface area (Å²) < 4.78 is 5.71. The minimum Gasteiger partial charge on any atom is -0.409 e. The highest BCUT2D eigenvalue weighted by Crippen LogP contribution is 2.25. The number of hydrogen-bond donors (Lipinski definition) is 3. The Bertz CT molecular complexity index is 532. The van der Waals surface area contributed by atoms with E-state index in [1.807, 2.05) is 6.07 Å². The first kappa shape index (κ1) is 16.1. The van der Waals surface area contributed by atoms with E-state index in [0.29, 0.717) is 23.2 Å². The lowest BCUT2D eigenvalue weighted by Crippen LogP contribution is -2.43. The molecule has 0 bridgehead atoms. The Kier molecular flexibility index (Phi) is 5.08. The van der Waals surface area contributed by atoms with E-state index in [1.54, 1.807) is 12.1 Å². The van der Waals surface area contributed by atoms with Crippen LogP contribution in [0.1, 0.15) is 37.8 Å². The fourth-order valence-corrected chi connectivity index (χ4v) is 2.82. The first-order valence-corrected chi connectivity index (χ1v) is 7.43. The predicted molar refractivity (Wildman–Crippen MR) is 83.9 cm³/mol. The highest BCUT2D eigenvalue weighted by molar-refractivity contribution is 6.31. The summed E-state index contributed by atoms with van der Waals surface area (Å²) >= 11 is 6.25. The van der Waals surface area contributed by atoms with E-state index < -0.39 is 0 Å². The monoisotopic (exact) mass is 311 g/mol. The van der Waals surface area contributed by atoms with Crippen molar-refractivity contribution in [2.24, 2.45) is 10.9 Å². The Labute approximate surface area is 130 Å². The van der Waals surface area contributed by atoms with Gasteiger partial charge in [-0.3, -0.25) is 0 Å². The van der Waals surface area contributed by atoms with Crippen molar-refractivity contribution in [3.63, 3.8) is 0 Å². The lowest BCUT2D eigenvalue weighted by atomic mass is 9.94. The molecule has 0 aromatic heterocycles. The van der Waals surface area contributed by atoms with Crippen molar-refractivity contribution in [2.45, 2.75) is 44.9 Å². The van der Waals surface area contributed by atoms with E-state index in [4.69, 9.17) is 27.3 Å². The van der Waals surface area contributed by atoms with E-state index in [1.165, 1.54) is 0 Å². The number of hydrogen-bond acceptors (Lipinski definition) is 4. The van der Waals surface area contributed by atoms with Gasteiger partial charge in [0.2, 0.25) is 0 Å². The molecule has 1 fully saturated rings. The van der Waals surface area contributed by atoms with E-state index in [-0.39, 0.29) is 11.4 Å². The number of halogens is 1. The van der Waals surface area contributed by atoms with Crippen LogP contribution in [0.3, 0.4) is 0 Å². The standard InChI is InChI=1S/C15H22ClN3O2/c1-15(2)8-12(5-6-21-15)18-9-11-4-3-10(7-13(11)16)14(17)19-20/h3-4,7,12,18,20H,5-6,8-9H2,1-2H3,(H2,17,19). The topological polar surface area (TPSA) is 79.9 Å². The maximum absolute atomic E-state index is 8.67. The zero-order valence-electron chi connectivity index (χ0n) is 12.4. The summed E-state index contributed by atoms with van der Waals surface area (Å²) in [5.41, 5.74) is 7.08. The molecule has 1 aromatic rings. The summed E-state index contributed by atoms with van der Waals surface area (Å²) in [5, 5.41) is 15.8. The molecular weight excluding hydrogens is 290 g/mol. The van der Waals surface area contributed by atoms with Crippen LogP contribution >= 0.6 is 11.6 Å². The molecule has 1 saturated heterocycles. The minimum atomic E-state index is -0.0738. The van der Waals surface area contributed by atoms with Crippen molar-refractivity contribution in [1.82, 2.24) is 5.32 Å². The molecule has 1 aliphatic heterocycles. The Morgan fingerprint density at radius 1 is 1.57 bits per heavy atom. The second-order valence-electron chi connectivity index (χ2n) is 5.97. The Morgan fingerprint density at radius 2 is 2.33 bits per heavy atom. The van der Waals surface area contributed by atoms with E-state index in [9.17, 15) is 0 Å². The third-order valence-electron chi connectivity index (χ3n) is 3.73. The van der Waals surface area contributed by atoms with Crippen molar-refractivity contribution in [1.29, 1.82) is 0 Å². The summed E-state index contributed by atoms with van der Waals surface area (Å²) in [4.78, 5) is 0. The average Bonchev–Trinajstić information content (AvgIpc) is 2.44. The Morgan fingerprint density at radius 3 is 2.95 bits per heavy atom. The lowest BCUT2D eigenvalue weighted by Gasteiger charge is -2.36. The summed E-state index contributed by atoms with van der Waals surface area (Å²) in [5.74, 6) is 0.0580. The van der Waals surface area contributed by atoms with Crippen LogP contribution in [0.15, 0.2) is 23.4 Å². The molecule has 0 saturated carbocycles. The van der Waals surface area contributed by atoms with Crippen LogP contribution in [-0.4, -0.2) is 29.3 Å². The molecule has 1 aliphatic rings. The quantitative estimate of drug-likeness (QED) is 0.345. The van der Waals surface area contributed by atoms with Gasteiger partial charge in [0.25, 0.3) is 0 Å². The minimum absolute atomic E-state index is 0.0580. The Balaban J connectivity index is 1.97. The van der Waals surface area contributed by atoms with Gasteiger partial charge >= 0.3 is 0 Å². The van der Waals surface area contributed by atoms with Gasteiger partial charge < -0.3 is 21.0 Å². The van der Waals surface area contributed by atoms with Crippen LogP contribution in [0.2, 0.25) is 5.02 Å². The number of nitrogens with one attached hydrogen (secondary N) is 1. The largest absolute Gasteiger partial charge is 0.409 e. The van der Waals surface area contributed by atoms with E-state index >= 15 is 0 Å². The zero-order chi connectivity index (χ0) is 15.5. The van der Waals surface area contributed by atoms with Crippen molar-refractivity contribution in [3.8, 4) is 0 Å². The summed E-state index contributed by atoms with van der Waals surface area (Å²) in [7, 11) is 0. The lowest BCUT2D eigenvalue weighted by molar-refractivity contribution is -0.0630. The molecule has 2 rings (SSSR count). The number of benzene rings is 1. The normalized spacial score (nSPS) is 22.2. The first-order chi connectivity index (χ1) is 9.91. The van der Waals surface area contributed by atoms with Gasteiger partial charge in [-0.2, -0.15) is 0 Å². The number of nitrogens with two attached hydrogens (primary N) is 1. The second kappa shape index (κ2) is 6.64. The molecule has 0 spiro atoms. The molecule has 5 nitrogen and oxygen atoms in total. The number of nitrogens with zero attached hydrogens (tertiary/aromatic N) is 1. The molecule has 4 N–H and O–H groups in total. The molecule has 1 atom stereocenters. The highest BCUT2D eigenvalue weighted by Gasteiger charge is 2.28. The smallest absolute Gasteiger partial charge is 0.170 e. The van der Waals surface area contributed by atoms with Gasteiger partial charge in [0.05, 0.1) is 5.60 Å². The SMILES string of the molecule is CC1(C)CC(NCc2ccc(/C(N)=N/O)cc2Cl)CCO1. The van der Waals surface area contributed by atoms with Gasteiger partial charge in [-0.15, -0.1) is 0 Å². The van der Waals surface area contributed by atoms with Gasteiger partial charge in [0, 0.05) is 29.8 Å². The van der Waals surface area contributed by atoms with Crippen LogP contribution in [0.4, 0.5) is 0 Å². The molecule has 0 radical (unpaired) electrons. The van der Waals surface area contributed by atoms with Gasteiger partial charge in [0.15, 0.2) is 5.84 Å². The summed E-state index contributed by atoms with van der Waals surface area (Å²) in [6, 6.07) is 5.83. The third kappa shape index (κ3) is 4.33. The molecular formula is C15H22ClN3O2. The molecule has 1 aromatic carbocycles. The van der Waals surface area contributed by atoms with Gasteiger partial charge in [-0.25, -0.2) is 0 Å². The predicted octanol–water partition coefficient (Wildman–Crippen LogP) is 2.48. The van der Waals surface area contributed by atoms with Crippen molar-refractivity contribution < 1.29 is 9.94 Å². The molecule has 6 heteroatoms. The third-order valence-corrected chi connectivity index (χ3v) is 4.09. The fourth-order valence-electron chi connectivity index (χ4n) is 2.57. The van der Waals surface area contributed by atoms with E-state index in [0.717, 1.165) is 25.0 Å². The van der Waals surface area contributed by atoms with Crippen LogP contribution in [0.5, 0.6) is 0 Å². The molecule has 21 heavy (non-hydrogen) atoms. The molecule has 116 valence electrons. The second-order valence-corrected chi connectivity index (χ2v) is 6.38.